The van der Waals surface area contributed by atoms with Gasteiger partial charge in [0.2, 0.25) is 5.89 Å². The van der Waals surface area contributed by atoms with Crippen molar-refractivity contribution in [2.45, 2.75) is 32.9 Å². The predicted molar refractivity (Wildman–Crippen MR) is 103 cm³/mol. The van der Waals surface area contributed by atoms with Gasteiger partial charge in [0, 0.05) is 36.1 Å². The quantitative estimate of drug-likeness (QED) is 0.572. The summed E-state index contributed by atoms with van der Waals surface area (Å²) >= 11 is 1.62. The molecule has 1 N–H and O–H groups in total. The first-order chi connectivity index (χ1) is 12.7. The average Bonchev–Trinajstić information content (AvgIpc) is 3.39. The van der Waals surface area contributed by atoms with E-state index in [2.05, 4.69) is 52.1 Å². The molecule has 1 atom stereocenters. The van der Waals surface area contributed by atoms with Crippen molar-refractivity contribution in [3.8, 4) is 10.8 Å². The van der Waals surface area contributed by atoms with Gasteiger partial charge in [-0.2, -0.15) is 0 Å². The van der Waals surface area contributed by atoms with Crippen LogP contribution in [0.15, 0.2) is 40.1 Å². The molecule has 5 rings (SSSR count). The molecule has 0 aliphatic carbocycles. The molecule has 0 fully saturated rings. The number of aromatic nitrogens is 3. The fourth-order valence-corrected chi connectivity index (χ4v) is 4.38. The zero-order chi connectivity index (χ0) is 17.7. The summed E-state index contributed by atoms with van der Waals surface area (Å²) < 4.78 is 5.96. The molecule has 0 saturated heterocycles. The van der Waals surface area contributed by atoms with Crippen molar-refractivity contribution in [3.63, 3.8) is 0 Å². The molecular weight excluding hydrogens is 344 g/mol. The number of hydrogen-bond donors (Lipinski definition) is 1. The Morgan fingerprint density at radius 3 is 3.04 bits per heavy atom. The number of nitrogens with zero attached hydrogens (tertiary/aromatic N) is 3. The van der Waals surface area contributed by atoms with E-state index in [9.17, 15) is 0 Å². The highest BCUT2D eigenvalue weighted by Gasteiger charge is 2.27. The molecule has 1 aromatic carbocycles. The summed E-state index contributed by atoms with van der Waals surface area (Å²) in [5.74, 6) is 1.30. The third-order valence-electron chi connectivity index (χ3n) is 5.24. The van der Waals surface area contributed by atoms with Crippen LogP contribution in [0.4, 0.5) is 0 Å². The van der Waals surface area contributed by atoms with Crippen molar-refractivity contribution in [1.29, 1.82) is 0 Å². The summed E-state index contributed by atoms with van der Waals surface area (Å²) in [5, 5.41) is 11.9. The monoisotopic (exact) mass is 364 g/mol. The maximum absolute atomic E-state index is 5.96. The van der Waals surface area contributed by atoms with Crippen LogP contribution >= 0.6 is 11.3 Å². The zero-order valence-electron chi connectivity index (χ0n) is 14.8. The minimum absolute atomic E-state index is 0.0964. The van der Waals surface area contributed by atoms with Crippen molar-refractivity contribution in [1.82, 2.24) is 20.1 Å². The summed E-state index contributed by atoms with van der Waals surface area (Å²) in [6, 6.07) is 10.7. The summed E-state index contributed by atoms with van der Waals surface area (Å²) in [6.45, 7) is 6.18. The first kappa shape index (κ1) is 15.8. The summed E-state index contributed by atoms with van der Waals surface area (Å²) in [5.41, 5.74) is 5.29. The summed E-state index contributed by atoms with van der Waals surface area (Å²) in [6.07, 6.45) is 1.01. The highest BCUT2D eigenvalue weighted by molar-refractivity contribution is 7.13. The van der Waals surface area contributed by atoms with Gasteiger partial charge in [-0.15, -0.1) is 21.5 Å². The maximum atomic E-state index is 5.96. The number of aryl methyl sites for hydroxylation is 1. The predicted octanol–water partition coefficient (Wildman–Crippen LogP) is 4.71. The van der Waals surface area contributed by atoms with E-state index < -0.39 is 0 Å². The molecule has 26 heavy (non-hydrogen) atoms. The fourth-order valence-electron chi connectivity index (χ4n) is 3.74. The number of H-pyrrole nitrogens is 1. The van der Waals surface area contributed by atoms with Gasteiger partial charge in [0.1, 0.15) is 0 Å². The number of benzene rings is 1. The smallest absolute Gasteiger partial charge is 0.257 e. The second-order valence-corrected chi connectivity index (χ2v) is 7.90. The van der Waals surface area contributed by atoms with Gasteiger partial charge in [-0.3, -0.25) is 4.90 Å². The van der Waals surface area contributed by atoms with Crippen molar-refractivity contribution in [2.24, 2.45) is 0 Å². The van der Waals surface area contributed by atoms with Gasteiger partial charge >= 0.3 is 0 Å². The molecule has 3 aromatic heterocycles. The SMILES string of the molecule is Cc1ccc2[nH]c3c(c2c1)CN(C(C)c1nnc(-c2cccs2)o1)CC3. The molecule has 4 aromatic rings. The standard InChI is InChI=1S/C20H20N4OS/c1-12-5-6-16-14(10-12)15-11-24(8-7-17(15)21-16)13(2)19-22-23-20(25-19)18-4-3-9-26-18/h3-6,9-10,13,21H,7-8,11H2,1-2H3. The van der Waals surface area contributed by atoms with E-state index in [0.29, 0.717) is 11.8 Å². The third-order valence-corrected chi connectivity index (χ3v) is 6.10. The van der Waals surface area contributed by atoms with Crippen LogP contribution in [0.2, 0.25) is 0 Å². The van der Waals surface area contributed by atoms with Gasteiger partial charge in [-0.25, -0.2) is 0 Å². The molecule has 0 spiro atoms. The molecule has 0 bridgehead atoms. The van der Waals surface area contributed by atoms with Gasteiger partial charge in [-0.1, -0.05) is 17.7 Å². The number of fused-ring (bicyclic) bond motifs is 3. The Bertz CT molecular complexity index is 1060. The Labute approximate surface area is 155 Å². The van der Waals surface area contributed by atoms with Crippen LogP contribution in [0.5, 0.6) is 0 Å². The first-order valence-electron chi connectivity index (χ1n) is 8.90. The number of rotatable bonds is 3. The van der Waals surface area contributed by atoms with Crippen LogP contribution < -0.4 is 0 Å². The molecule has 5 nitrogen and oxygen atoms in total. The lowest BCUT2D eigenvalue weighted by atomic mass is 10.0. The topological polar surface area (TPSA) is 58.0 Å². The number of thiophene rings is 1. The minimum Gasteiger partial charge on any atom is -0.418 e. The van der Waals surface area contributed by atoms with E-state index >= 15 is 0 Å². The molecule has 0 radical (unpaired) electrons. The Morgan fingerprint density at radius 1 is 1.27 bits per heavy atom. The van der Waals surface area contributed by atoms with Crippen LogP contribution in [-0.2, 0) is 13.0 Å². The molecular formula is C20H20N4OS. The highest BCUT2D eigenvalue weighted by atomic mass is 32.1. The van der Waals surface area contributed by atoms with Crippen LogP contribution in [0, 0.1) is 6.92 Å². The highest BCUT2D eigenvalue weighted by Crippen LogP contribution is 2.33. The molecule has 6 heteroatoms. The summed E-state index contributed by atoms with van der Waals surface area (Å²) in [4.78, 5) is 7.03. The van der Waals surface area contributed by atoms with Gasteiger partial charge in [0.25, 0.3) is 5.89 Å². The molecule has 1 aliphatic heterocycles. The Kier molecular flexibility index (Phi) is 3.69. The zero-order valence-corrected chi connectivity index (χ0v) is 15.6. The van der Waals surface area contributed by atoms with Gasteiger partial charge < -0.3 is 9.40 Å². The second-order valence-electron chi connectivity index (χ2n) is 6.95. The molecule has 1 unspecified atom stereocenters. The normalized spacial score (nSPS) is 16.1. The Morgan fingerprint density at radius 2 is 2.19 bits per heavy atom. The molecule has 1 aliphatic rings. The Balaban J connectivity index is 1.43. The van der Waals surface area contributed by atoms with E-state index in [4.69, 9.17) is 4.42 Å². The molecule has 0 saturated carbocycles. The number of nitrogens with one attached hydrogen (secondary N) is 1. The van der Waals surface area contributed by atoms with E-state index in [-0.39, 0.29) is 6.04 Å². The van der Waals surface area contributed by atoms with Crippen molar-refractivity contribution in [3.05, 3.63) is 58.4 Å². The van der Waals surface area contributed by atoms with Crippen molar-refractivity contribution >= 4 is 22.2 Å². The van der Waals surface area contributed by atoms with Gasteiger partial charge in [0.05, 0.1) is 10.9 Å². The summed E-state index contributed by atoms with van der Waals surface area (Å²) in [7, 11) is 0. The molecule has 4 heterocycles. The third kappa shape index (κ3) is 2.57. The lowest BCUT2D eigenvalue weighted by Crippen LogP contribution is -2.32. The van der Waals surface area contributed by atoms with Gasteiger partial charge in [-0.05, 0) is 43.0 Å². The molecule has 0 amide bonds. The average molecular weight is 364 g/mol. The fraction of sp³-hybridized carbons (Fsp3) is 0.300. The number of hydrogen-bond acceptors (Lipinski definition) is 5. The van der Waals surface area contributed by atoms with E-state index in [1.807, 2.05) is 17.5 Å². The Hall–Kier alpha value is -2.44. The largest absolute Gasteiger partial charge is 0.418 e. The van der Waals surface area contributed by atoms with E-state index in [1.165, 1.54) is 27.7 Å². The lowest BCUT2D eigenvalue weighted by Gasteiger charge is -2.30. The van der Waals surface area contributed by atoms with E-state index in [0.717, 1.165) is 24.4 Å². The maximum Gasteiger partial charge on any atom is 0.257 e. The van der Waals surface area contributed by atoms with Crippen molar-refractivity contribution in [2.75, 3.05) is 6.54 Å². The van der Waals surface area contributed by atoms with Crippen LogP contribution in [0.3, 0.4) is 0 Å². The molecule has 132 valence electrons. The number of aromatic amines is 1. The van der Waals surface area contributed by atoms with E-state index in [1.54, 1.807) is 11.3 Å². The second kappa shape index (κ2) is 6.07. The van der Waals surface area contributed by atoms with Crippen LogP contribution in [0.1, 0.15) is 35.7 Å². The van der Waals surface area contributed by atoms with Crippen LogP contribution in [-0.4, -0.2) is 26.6 Å². The first-order valence-corrected chi connectivity index (χ1v) is 9.78. The van der Waals surface area contributed by atoms with Crippen LogP contribution in [0.25, 0.3) is 21.7 Å². The lowest BCUT2D eigenvalue weighted by molar-refractivity contribution is 0.167. The van der Waals surface area contributed by atoms with Crippen molar-refractivity contribution < 1.29 is 4.42 Å². The minimum atomic E-state index is 0.0964. The van der Waals surface area contributed by atoms with Gasteiger partial charge in [0.15, 0.2) is 0 Å².